The molecule has 2 aromatic rings. The standard InChI is InChI=1S/C19H21FN4O3/c20-17-12-14(6-7-16(17)18(25)22-21)13-24(15-4-2-1-3-5-15)19(26)23-8-10-27-11-9-23/h1-7,12H,8-11,13,21H2,(H,22,25). The summed E-state index contributed by atoms with van der Waals surface area (Å²) in [6.45, 7) is 2.16. The van der Waals surface area contributed by atoms with Crippen LogP contribution in [0.15, 0.2) is 48.5 Å². The molecule has 0 radical (unpaired) electrons. The van der Waals surface area contributed by atoms with E-state index in [9.17, 15) is 14.0 Å². The number of morpholine rings is 1. The van der Waals surface area contributed by atoms with Gasteiger partial charge in [-0.15, -0.1) is 0 Å². The Labute approximate surface area is 156 Å². The molecule has 3 amide bonds. The number of nitrogens with two attached hydrogens (primary N) is 1. The van der Waals surface area contributed by atoms with Crippen LogP contribution in [0.2, 0.25) is 0 Å². The number of nitrogens with zero attached hydrogens (tertiary/aromatic N) is 2. The Morgan fingerprint density at radius 1 is 1.15 bits per heavy atom. The average molecular weight is 372 g/mol. The molecule has 0 saturated carbocycles. The van der Waals surface area contributed by atoms with Crippen LogP contribution in [0.25, 0.3) is 0 Å². The van der Waals surface area contributed by atoms with E-state index in [2.05, 4.69) is 0 Å². The van der Waals surface area contributed by atoms with Gasteiger partial charge in [0, 0.05) is 18.8 Å². The van der Waals surface area contributed by atoms with Gasteiger partial charge in [0.05, 0.1) is 25.3 Å². The van der Waals surface area contributed by atoms with Gasteiger partial charge in [0.1, 0.15) is 5.82 Å². The van der Waals surface area contributed by atoms with Gasteiger partial charge in [-0.2, -0.15) is 0 Å². The third kappa shape index (κ3) is 4.42. The quantitative estimate of drug-likeness (QED) is 0.487. The van der Waals surface area contributed by atoms with Gasteiger partial charge in [0.2, 0.25) is 0 Å². The lowest BCUT2D eigenvalue weighted by atomic mass is 10.1. The van der Waals surface area contributed by atoms with E-state index in [1.807, 2.05) is 35.8 Å². The number of carbonyl (C=O) groups is 2. The highest BCUT2D eigenvalue weighted by atomic mass is 19.1. The monoisotopic (exact) mass is 372 g/mol. The molecular weight excluding hydrogens is 351 g/mol. The number of nitrogen functional groups attached to an aromatic ring is 1. The fourth-order valence-electron chi connectivity index (χ4n) is 2.90. The van der Waals surface area contributed by atoms with Crippen molar-refractivity contribution in [1.82, 2.24) is 10.3 Å². The maximum atomic E-state index is 14.2. The van der Waals surface area contributed by atoms with E-state index >= 15 is 0 Å². The maximum Gasteiger partial charge on any atom is 0.324 e. The van der Waals surface area contributed by atoms with E-state index in [1.165, 1.54) is 12.1 Å². The number of urea groups is 1. The van der Waals surface area contributed by atoms with Crippen molar-refractivity contribution < 1.29 is 18.7 Å². The number of para-hydroxylation sites is 1. The van der Waals surface area contributed by atoms with Crippen molar-refractivity contribution in [3.8, 4) is 0 Å². The third-order valence-corrected chi connectivity index (χ3v) is 4.33. The number of hydrazine groups is 1. The van der Waals surface area contributed by atoms with Gasteiger partial charge in [-0.05, 0) is 29.8 Å². The van der Waals surface area contributed by atoms with Crippen LogP contribution < -0.4 is 16.2 Å². The number of rotatable bonds is 4. The first-order valence-electron chi connectivity index (χ1n) is 8.59. The highest BCUT2D eigenvalue weighted by molar-refractivity contribution is 5.94. The lowest BCUT2D eigenvalue weighted by molar-refractivity contribution is 0.0548. The van der Waals surface area contributed by atoms with Gasteiger partial charge >= 0.3 is 6.03 Å². The number of hydrogen-bond donors (Lipinski definition) is 2. The van der Waals surface area contributed by atoms with E-state index < -0.39 is 11.7 Å². The number of hydrogen-bond acceptors (Lipinski definition) is 4. The summed E-state index contributed by atoms with van der Waals surface area (Å²) in [6.07, 6.45) is 0. The molecule has 1 saturated heterocycles. The van der Waals surface area contributed by atoms with E-state index in [0.29, 0.717) is 37.6 Å². The summed E-state index contributed by atoms with van der Waals surface area (Å²) in [5.41, 5.74) is 3.03. The van der Waals surface area contributed by atoms with Gasteiger partial charge in [-0.25, -0.2) is 15.0 Å². The molecule has 8 heteroatoms. The van der Waals surface area contributed by atoms with Crippen LogP contribution >= 0.6 is 0 Å². The lowest BCUT2D eigenvalue weighted by Gasteiger charge is -2.33. The first-order valence-corrected chi connectivity index (χ1v) is 8.59. The Bertz CT molecular complexity index is 810. The fourth-order valence-corrected chi connectivity index (χ4v) is 2.90. The van der Waals surface area contributed by atoms with Crippen molar-refractivity contribution in [2.45, 2.75) is 6.54 Å². The molecule has 0 aliphatic carbocycles. The molecule has 0 unspecified atom stereocenters. The molecule has 1 heterocycles. The second-order valence-corrected chi connectivity index (χ2v) is 6.09. The highest BCUT2D eigenvalue weighted by Crippen LogP contribution is 2.21. The first-order chi connectivity index (χ1) is 13.1. The molecule has 1 aliphatic rings. The predicted octanol–water partition coefficient (Wildman–Crippen LogP) is 1.89. The minimum Gasteiger partial charge on any atom is -0.378 e. The maximum absolute atomic E-state index is 14.2. The van der Waals surface area contributed by atoms with Crippen LogP contribution in [0.3, 0.4) is 0 Å². The number of nitrogens with one attached hydrogen (secondary N) is 1. The molecule has 0 atom stereocenters. The van der Waals surface area contributed by atoms with Crippen molar-refractivity contribution in [2.75, 3.05) is 31.2 Å². The molecule has 0 spiro atoms. The summed E-state index contributed by atoms with van der Waals surface area (Å²) in [5.74, 6) is 3.66. The second-order valence-electron chi connectivity index (χ2n) is 6.09. The van der Waals surface area contributed by atoms with Crippen LogP contribution in [0, 0.1) is 5.82 Å². The van der Waals surface area contributed by atoms with Gasteiger partial charge in [0.15, 0.2) is 0 Å². The molecule has 1 fully saturated rings. The molecule has 1 aliphatic heterocycles. The zero-order chi connectivity index (χ0) is 19.2. The highest BCUT2D eigenvalue weighted by Gasteiger charge is 2.24. The summed E-state index contributed by atoms with van der Waals surface area (Å²) < 4.78 is 19.6. The smallest absolute Gasteiger partial charge is 0.324 e. The van der Waals surface area contributed by atoms with Crippen LogP contribution in [0.5, 0.6) is 0 Å². The van der Waals surface area contributed by atoms with E-state index in [1.54, 1.807) is 15.9 Å². The van der Waals surface area contributed by atoms with Gasteiger partial charge < -0.3 is 9.64 Å². The van der Waals surface area contributed by atoms with Gasteiger partial charge in [0.25, 0.3) is 5.91 Å². The summed E-state index contributed by atoms with van der Waals surface area (Å²) in [4.78, 5) is 27.9. The van der Waals surface area contributed by atoms with Crippen molar-refractivity contribution in [1.29, 1.82) is 0 Å². The minimum absolute atomic E-state index is 0.146. The predicted molar refractivity (Wildman–Crippen MR) is 98.5 cm³/mol. The first kappa shape index (κ1) is 18.8. The Kier molecular flexibility index (Phi) is 6.00. The largest absolute Gasteiger partial charge is 0.378 e. The molecule has 2 aromatic carbocycles. The molecule has 27 heavy (non-hydrogen) atoms. The summed E-state index contributed by atoms with van der Waals surface area (Å²) >= 11 is 0. The number of benzene rings is 2. The molecule has 7 nitrogen and oxygen atoms in total. The number of carbonyl (C=O) groups excluding carboxylic acids is 2. The molecule has 0 bridgehead atoms. The third-order valence-electron chi connectivity index (χ3n) is 4.33. The Morgan fingerprint density at radius 3 is 2.48 bits per heavy atom. The number of amides is 3. The fraction of sp³-hybridized carbons (Fsp3) is 0.263. The number of anilines is 1. The average Bonchev–Trinajstić information content (AvgIpc) is 2.72. The van der Waals surface area contributed by atoms with Gasteiger partial charge in [-0.3, -0.25) is 15.1 Å². The number of halogens is 1. The second kappa shape index (κ2) is 8.61. The summed E-state index contributed by atoms with van der Waals surface area (Å²) in [5, 5.41) is 0. The lowest BCUT2D eigenvalue weighted by Crippen LogP contribution is -2.48. The van der Waals surface area contributed by atoms with Crippen molar-refractivity contribution in [3.63, 3.8) is 0 Å². The minimum atomic E-state index is -0.705. The molecule has 3 rings (SSSR count). The van der Waals surface area contributed by atoms with Crippen LogP contribution in [0.4, 0.5) is 14.9 Å². The van der Waals surface area contributed by atoms with Crippen molar-refractivity contribution in [2.24, 2.45) is 5.84 Å². The SMILES string of the molecule is NNC(=O)c1ccc(CN(C(=O)N2CCOCC2)c2ccccc2)cc1F. The molecule has 0 aromatic heterocycles. The van der Waals surface area contributed by atoms with Gasteiger partial charge in [-0.1, -0.05) is 24.3 Å². The van der Waals surface area contributed by atoms with Crippen LogP contribution in [0.1, 0.15) is 15.9 Å². The van der Waals surface area contributed by atoms with E-state index in [-0.39, 0.29) is 18.1 Å². The van der Waals surface area contributed by atoms with E-state index in [0.717, 1.165) is 0 Å². The Balaban J connectivity index is 1.86. The Hall–Kier alpha value is -2.97. The van der Waals surface area contributed by atoms with E-state index in [4.69, 9.17) is 10.6 Å². The van der Waals surface area contributed by atoms with Crippen LogP contribution in [-0.2, 0) is 11.3 Å². The van der Waals surface area contributed by atoms with Crippen molar-refractivity contribution in [3.05, 3.63) is 65.5 Å². The van der Waals surface area contributed by atoms with Crippen LogP contribution in [-0.4, -0.2) is 43.1 Å². The molecular formula is C19H21FN4O3. The summed E-state index contributed by atoms with van der Waals surface area (Å²) in [6, 6.07) is 13.2. The molecule has 142 valence electrons. The van der Waals surface area contributed by atoms with Crippen molar-refractivity contribution >= 4 is 17.6 Å². The topological polar surface area (TPSA) is 87.9 Å². The summed E-state index contributed by atoms with van der Waals surface area (Å²) in [7, 11) is 0. The Morgan fingerprint density at radius 2 is 1.85 bits per heavy atom. The normalized spacial score (nSPS) is 13.9. The zero-order valence-corrected chi connectivity index (χ0v) is 14.7. The zero-order valence-electron chi connectivity index (χ0n) is 14.7. The molecule has 3 N–H and O–H groups in total. The number of ether oxygens (including phenoxy) is 1.